The number of anilines is 1. The van der Waals surface area contributed by atoms with Crippen molar-refractivity contribution >= 4 is 11.6 Å². The average molecular weight is 344 g/mol. The second kappa shape index (κ2) is 6.04. The Labute approximate surface area is 139 Å². The van der Waals surface area contributed by atoms with Crippen LogP contribution >= 0.6 is 0 Å². The highest BCUT2D eigenvalue weighted by molar-refractivity contribution is 6.00. The van der Waals surface area contributed by atoms with Crippen molar-refractivity contribution < 1.29 is 22.7 Å². The Hall–Kier alpha value is -1.60. The van der Waals surface area contributed by atoms with E-state index in [9.17, 15) is 18.0 Å². The van der Waals surface area contributed by atoms with Crippen molar-refractivity contribution in [1.29, 1.82) is 0 Å². The zero-order chi connectivity index (χ0) is 18.3. The van der Waals surface area contributed by atoms with Crippen LogP contribution in [0.4, 0.5) is 18.9 Å². The summed E-state index contributed by atoms with van der Waals surface area (Å²) in [6.07, 6.45) is -4.29. The van der Waals surface area contributed by atoms with Crippen LogP contribution in [0.25, 0.3) is 0 Å². The van der Waals surface area contributed by atoms with Gasteiger partial charge >= 0.3 is 6.18 Å². The van der Waals surface area contributed by atoms with Gasteiger partial charge in [-0.1, -0.05) is 19.9 Å². The molecule has 2 rings (SSSR count). The molecule has 1 aromatic carbocycles. The fraction of sp³-hybridized carbons (Fsp3) is 0.588. The molecule has 1 amide bonds. The van der Waals surface area contributed by atoms with Crippen molar-refractivity contribution in [1.82, 2.24) is 0 Å². The standard InChI is InChI=1S/C17H23F3N2O2/c1-5-24-13-9-16(21,15(13,3)4)14(23)22-12-8-6-7-11(10(12)2)17(18,19)20/h6-8,13H,5,9,21H2,1-4H3,(H,22,23). The molecule has 1 aromatic rings. The molecular weight excluding hydrogens is 321 g/mol. The quantitative estimate of drug-likeness (QED) is 0.879. The number of nitrogens with one attached hydrogen (secondary N) is 1. The molecule has 0 bridgehead atoms. The van der Waals surface area contributed by atoms with Gasteiger partial charge in [-0.15, -0.1) is 0 Å². The number of halogens is 3. The fourth-order valence-corrected chi connectivity index (χ4v) is 3.13. The monoisotopic (exact) mass is 344 g/mol. The van der Waals surface area contributed by atoms with Crippen LogP contribution in [0.3, 0.4) is 0 Å². The number of hydrogen-bond donors (Lipinski definition) is 2. The summed E-state index contributed by atoms with van der Waals surface area (Å²) in [6.45, 7) is 7.36. The molecule has 1 aliphatic rings. The van der Waals surface area contributed by atoms with Crippen LogP contribution in [-0.2, 0) is 15.7 Å². The van der Waals surface area contributed by atoms with Gasteiger partial charge < -0.3 is 15.8 Å². The third-order valence-electron chi connectivity index (χ3n) is 5.12. The lowest BCUT2D eigenvalue weighted by Gasteiger charge is -2.57. The minimum Gasteiger partial charge on any atom is -0.378 e. The van der Waals surface area contributed by atoms with E-state index in [1.54, 1.807) is 0 Å². The van der Waals surface area contributed by atoms with E-state index in [4.69, 9.17) is 10.5 Å². The predicted octanol–water partition coefficient (Wildman–Crippen LogP) is 3.48. The van der Waals surface area contributed by atoms with Gasteiger partial charge in [0.2, 0.25) is 5.91 Å². The van der Waals surface area contributed by atoms with E-state index < -0.39 is 28.6 Å². The Kier molecular flexibility index (Phi) is 4.71. The molecule has 0 heterocycles. The Balaban J connectivity index is 2.23. The molecule has 2 unspecified atom stereocenters. The second-order valence-corrected chi connectivity index (χ2v) is 6.77. The van der Waals surface area contributed by atoms with Gasteiger partial charge in [-0.2, -0.15) is 13.2 Å². The van der Waals surface area contributed by atoms with Gasteiger partial charge in [0.05, 0.1) is 11.7 Å². The molecule has 0 spiro atoms. The van der Waals surface area contributed by atoms with Crippen molar-refractivity contribution in [3.63, 3.8) is 0 Å². The van der Waals surface area contributed by atoms with Crippen LogP contribution in [0, 0.1) is 12.3 Å². The Morgan fingerprint density at radius 3 is 2.54 bits per heavy atom. The summed E-state index contributed by atoms with van der Waals surface area (Å²) >= 11 is 0. The van der Waals surface area contributed by atoms with Crippen LogP contribution in [0.5, 0.6) is 0 Å². The van der Waals surface area contributed by atoms with Gasteiger partial charge in [-0.25, -0.2) is 0 Å². The number of benzene rings is 1. The molecule has 134 valence electrons. The molecular formula is C17H23F3N2O2. The molecule has 4 nitrogen and oxygen atoms in total. The van der Waals surface area contributed by atoms with Crippen molar-refractivity contribution in [2.24, 2.45) is 11.1 Å². The van der Waals surface area contributed by atoms with Crippen molar-refractivity contribution in [2.45, 2.75) is 51.9 Å². The van der Waals surface area contributed by atoms with Crippen LogP contribution in [0.15, 0.2) is 18.2 Å². The average Bonchev–Trinajstić information content (AvgIpc) is 2.47. The highest BCUT2D eigenvalue weighted by Gasteiger charge is 2.62. The van der Waals surface area contributed by atoms with Crippen molar-refractivity contribution in [3.05, 3.63) is 29.3 Å². The number of nitrogens with two attached hydrogens (primary N) is 1. The van der Waals surface area contributed by atoms with Crippen LogP contribution in [-0.4, -0.2) is 24.2 Å². The van der Waals surface area contributed by atoms with E-state index in [0.29, 0.717) is 13.0 Å². The topological polar surface area (TPSA) is 64.3 Å². The number of rotatable bonds is 4. The van der Waals surface area contributed by atoms with E-state index >= 15 is 0 Å². The van der Waals surface area contributed by atoms with E-state index in [-0.39, 0.29) is 17.4 Å². The molecule has 0 radical (unpaired) electrons. The molecule has 3 N–H and O–H groups in total. The third-order valence-corrected chi connectivity index (χ3v) is 5.12. The SMILES string of the molecule is CCOC1CC(N)(C(=O)Nc2cccc(C(F)(F)F)c2C)C1(C)C. The highest BCUT2D eigenvalue weighted by atomic mass is 19.4. The van der Waals surface area contributed by atoms with Crippen molar-refractivity contribution in [2.75, 3.05) is 11.9 Å². The summed E-state index contributed by atoms with van der Waals surface area (Å²) in [5.74, 6) is -0.495. The summed E-state index contributed by atoms with van der Waals surface area (Å²) in [6, 6.07) is 3.70. The molecule has 1 fully saturated rings. The third kappa shape index (κ3) is 2.91. The number of carbonyl (C=O) groups is 1. The molecule has 2 atom stereocenters. The van der Waals surface area contributed by atoms with Crippen LogP contribution < -0.4 is 11.1 Å². The summed E-state index contributed by atoms with van der Waals surface area (Å²) in [4.78, 5) is 12.6. The molecule has 0 saturated heterocycles. The van der Waals surface area contributed by atoms with Gasteiger partial charge in [-0.05, 0) is 31.5 Å². The molecule has 0 aromatic heterocycles. The Morgan fingerprint density at radius 1 is 1.42 bits per heavy atom. The fourth-order valence-electron chi connectivity index (χ4n) is 3.13. The molecule has 24 heavy (non-hydrogen) atoms. The van der Waals surface area contributed by atoms with Gasteiger partial charge in [0.25, 0.3) is 0 Å². The van der Waals surface area contributed by atoms with Gasteiger partial charge in [0, 0.05) is 24.1 Å². The molecule has 1 aliphatic carbocycles. The lowest BCUT2D eigenvalue weighted by atomic mass is 9.54. The summed E-state index contributed by atoms with van der Waals surface area (Å²) in [5, 5.41) is 2.56. The van der Waals surface area contributed by atoms with E-state index in [0.717, 1.165) is 6.07 Å². The number of alkyl halides is 3. The van der Waals surface area contributed by atoms with Gasteiger partial charge in [0.1, 0.15) is 5.54 Å². The zero-order valence-corrected chi connectivity index (χ0v) is 14.3. The van der Waals surface area contributed by atoms with Gasteiger partial charge in [0.15, 0.2) is 0 Å². The maximum Gasteiger partial charge on any atom is 0.416 e. The van der Waals surface area contributed by atoms with Crippen LogP contribution in [0.2, 0.25) is 0 Å². The maximum atomic E-state index is 13.0. The number of ether oxygens (including phenoxy) is 1. The van der Waals surface area contributed by atoms with E-state index in [1.165, 1.54) is 19.1 Å². The van der Waals surface area contributed by atoms with E-state index in [2.05, 4.69) is 5.32 Å². The summed E-state index contributed by atoms with van der Waals surface area (Å²) < 4.78 is 44.5. The molecule has 0 aliphatic heterocycles. The minimum atomic E-state index is -4.47. The molecule has 1 saturated carbocycles. The number of carbonyl (C=O) groups excluding carboxylic acids is 1. The predicted molar refractivity (Wildman–Crippen MR) is 85.5 cm³/mol. The molecule has 7 heteroatoms. The smallest absolute Gasteiger partial charge is 0.378 e. The first-order valence-corrected chi connectivity index (χ1v) is 7.84. The largest absolute Gasteiger partial charge is 0.416 e. The zero-order valence-electron chi connectivity index (χ0n) is 14.3. The second-order valence-electron chi connectivity index (χ2n) is 6.77. The number of hydrogen-bond acceptors (Lipinski definition) is 3. The Bertz CT molecular complexity index is 643. The highest BCUT2D eigenvalue weighted by Crippen LogP contribution is 2.50. The maximum absolute atomic E-state index is 13.0. The first-order valence-electron chi connectivity index (χ1n) is 7.84. The normalized spacial score (nSPS) is 25.9. The first kappa shape index (κ1) is 18.7. The first-order chi connectivity index (χ1) is 10.9. The van der Waals surface area contributed by atoms with Crippen molar-refractivity contribution in [3.8, 4) is 0 Å². The summed E-state index contributed by atoms with van der Waals surface area (Å²) in [5.41, 5.74) is 3.78. The Morgan fingerprint density at radius 2 is 2.04 bits per heavy atom. The summed E-state index contributed by atoms with van der Waals surface area (Å²) in [7, 11) is 0. The lowest BCUT2D eigenvalue weighted by molar-refractivity contribution is -0.166. The lowest BCUT2D eigenvalue weighted by Crippen LogP contribution is -2.74. The van der Waals surface area contributed by atoms with Gasteiger partial charge in [-0.3, -0.25) is 4.79 Å². The van der Waals surface area contributed by atoms with Crippen LogP contribution in [0.1, 0.15) is 38.3 Å². The minimum absolute atomic E-state index is 0.0274. The van der Waals surface area contributed by atoms with E-state index in [1.807, 2.05) is 20.8 Å². The number of amides is 1.